The van der Waals surface area contributed by atoms with E-state index >= 15 is 0 Å². The molecular weight excluding hydrogens is 402 g/mol. The van der Waals surface area contributed by atoms with Crippen LogP contribution < -0.4 is 15.9 Å². The molecule has 2 aromatic heterocycles. The number of amides is 1. The fourth-order valence-corrected chi connectivity index (χ4v) is 3.44. The molecule has 1 amide bonds. The lowest BCUT2D eigenvalue weighted by Gasteiger charge is -2.26. The monoisotopic (exact) mass is 425 g/mol. The fourth-order valence-electron chi connectivity index (χ4n) is 3.44. The van der Waals surface area contributed by atoms with Gasteiger partial charge in [-0.1, -0.05) is 23.8 Å². The Morgan fingerprint density at radius 2 is 2.10 bits per heavy atom. The predicted octanol–water partition coefficient (Wildman–Crippen LogP) is 0.991. The van der Waals surface area contributed by atoms with Crippen LogP contribution in [0.3, 0.4) is 0 Å². The third-order valence-electron chi connectivity index (χ3n) is 5.01. The quantitative estimate of drug-likeness (QED) is 0.417. The Morgan fingerprint density at radius 3 is 2.84 bits per heavy atom. The first-order valence-corrected chi connectivity index (χ1v) is 9.89. The molecule has 12 nitrogen and oxygen atoms in total. The van der Waals surface area contributed by atoms with E-state index in [1.807, 2.05) is 24.3 Å². The minimum atomic E-state index is -0.501. The maximum Gasteiger partial charge on any atom is 0.293 e. The minimum absolute atomic E-state index is 0.0611. The number of hydrogen-bond donors (Lipinski definition) is 2. The van der Waals surface area contributed by atoms with Gasteiger partial charge in [-0.05, 0) is 48.4 Å². The van der Waals surface area contributed by atoms with E-state index in [9.17, 15) is 4.79 Å². The van der Waals surface area contributed by atoms with E-state index < -0.39 is 5.91 Å². The lowest BCUT2D eigenvalue weighted by Crippen LogP contribution is -2.31. The van der Waals surface area contributed by atoms with Crippen LogP contribution >= 0.6 is 0 Å². The lowest BCUT2D eigenvalue weighted by atomic mass is 10.1. The van der Waals surface area contributed by atoms with Crippen molar-refractivity contribution >= 4 is 17.9 Å². The standard InChI is InChI=1S/C19H23N9O3/c1-30-15-8-4-3-7-13(15)11-21-23-19(29)16-14(12-27-9-5-2-6-10-27)28(26-22-16)18-17(20)24-31-25-18/h3-4,7-8,11H,2,5-6,9-10,12H2,1H3,(H2,20,24)(H,23,29). The van der Waals surface area contributed by atoms with Gasteiger partial charge >= 0.3 is 0 Å². The molecule has 4 rings (SSSR count). The normalized spacial score (nSPS) is 14.7. The summed E-state index contributed by atoms with van der Waals surface area (Å²) in [5.74, 6) is 0.396. The number of ether oxygens (including phenoxy) is 1. The number of nitrogens with zero attached hydrogens (tertiary/aromatic N) is 7. The SMILES string of the molecule is COc1ccccc1C=NNC(=O)c1nnn(-c2nonc2N)c1CN1CCCCC1. The van der Waals surface area contributed by atoms with Gasteiger partial charge in [0.1, 0.15) is 5.75 Å². The van der Waals surface area contributed by atoms with E-state index in [-0.39, 0.29) is 17.3 Å². The molecule has 12 heteroatoms. The highest BCUT2D eigenvalue weighted by Crippen LogP contribution is 2.20. The average molecular weight is 425 g/mol. The van der Waals surface area contributed by atoms with Crippen LogP contribution in [-0.4, -0.2) is 62.5 Å². The molecule has 0 atom stereocenters. The summed E-state index contributed by atoms with van der Waals surface area (Å²) in [5, 5.41) is 19.5. The highest BCUT2D eigenvalue weighted by Gasteiger charge is 2.26. The van der Waals surface area contributed by atoms with Crippen molar-refractivity contribution in [3.05, 3.63) is 41.2 Å². The number of carbonyl (C=O) groups is 1. The summed E-state index contributed by atoms with van der Waals surface area (Å²) in [5.41, 5.74) is 9.72. The number of carbonyl (C=O) groups excluding carboxylic acids is 1. The molecule has 0 unspecified atom stereocenters. The van der Waals surface area contributed by atoms with E-state index in [2.05, 4.69) is 40.7 Å². The number of aromatic nitrogens is 5. The van der Waals surface area contributed by atoms with Crippen LogP contribution in [-0.2, 0) is 6.54 Å². The number of piperidine rings is 1. The minimum Gasteiger partial charge on any atom is -0.496 e. The van der Waals surface area contributed by atoms with Gasteiger partial charge in [0.15, 0.2) is 5.69 Å². The molecule has 162 valence electrons. The van der Waals surface area contributed by atoms with Gasteiger partial charge in [0.05, 0.1) is 19.0 Å². The number of hydrazone groups is 1. The van der Waals surface area contributed by atoms with E-state index in [1.54, 1.807) is 7.11 Å². The van der Waals surface area contributed by atoms with Crippen molar-refractivity contribution in [3.8, 4) is 11.6 Å². The van der Waals surface area contributed by atoms with Crippen molar-refractivity contribution in [2.75, 3.05) is 25.9 Å². The first kappa shape index (κ1) is 20.5. The lowest BCUT2D eigenvalue weighted by molar-refractivity contribution is 0.0947. The number of para-hydroxylation sites is 1. The second-order valence-corrected chi connectivity index (χ2v) is 7.05. The second-order valence-electron chi connectivity index (χ2n) is 7.05. The summed E-state index contributed by atoms with van der Waals surface area (Å²) in [4.78, 5) is 15.1. The van der Waals surface area contributed by atoms with Crippen LogP contribution in [0.4, 0.5) is 5.82 Å². The second kappa shape index (κ2) is 9.34. The van der Waals surface area contributed by atoms with Crippen LogP contribution in [0, 0.1) is 0 Å². The van der Waals surface area contributed by atoms with Gasteiger partial charge in [-0.3, -0.25) is 9.69 Å². The number of nitrogens with one attached hydrogen (secondary N) is 1. The van der Waals surface area contributed by atoms with Crippen molar-refractivity contribution in [2.45, 2.75) is 25.8 Å². The number of anilines is 1. The summed E-state index contributed by atoms with van der Waals surface area (Å²) in [6.45, 7) is 2.30. The van der Waals surface area contributed by atoms with Gasteiger partial charge in [0, 0.05) is 12.1 Å². The van der Waals surface area contributed by atoms with Crippen molar-refractivity contribution in [2.24, 2.45) is 5.10 Å². The Hall–Kier alpha value is -3.80. The smallest absolute Gasteiger partial charge is 0.293 e. The van der Waals surface area contributed by atoms with Crippen LogP contribution in [0.2, 0.25) is 0 Å². The summed E-state index contributed by atoms with van der Waals surface area (Å²) in [7, 11) is 1.57. The number of hydrogen-bond acceptors (Lipinski definition) is 10. The number of nitrogen functional groups attached to an aromatic ring is 1. The highest BCUT2D eigenvalue weighted by atomic mass is 16.6. The average Bonchev–Trinajstić information content (AvgIpc) is 3.40. The maximum atomic E-state index is 12.8. The number of likely N-dealkylation sites (tertiary alicyclic amines) is 1. The molecule has 0 aliphatic carbocycles. The summed E-state index contributed by atoms with van der Waals surface area (Å²) in [6.07, 6.45) is 4.89. The van der Waals surface area contributed by atoms with E-state index in [0.717, 1.165) is 31.5 Å². The predicted molar refractivity (Wildman–Crippen MR) is 111 cm³/mol. The zero-order valence-electron chi connectivity index (χ0n) is 17.1. The molecule has 1 fully saturated rings. The molecule has 3 N–H and O–H groups in total. The van der Waals surface area contributed by atoms with Gasteiger partial charge in [-0.25, -0.2) is 10.1 Å². The molecule has 0 radical (unpaired) electrons. The fraction of sp³-hybridized carbons (Fsp3) is 0.368. The molecule has 1 aliphatic heterocycles. The highest BCUT2D eigenvalue weighted by molar-refractivity contribution is 5.94. The first-order chi connectivity index (χ1) is 15.2. The Balaban J connectivity index is 1.57. The maximum absolute atomic E-state index is 12.8. The van der Waals surface area contributed by atoms with Gasteiger partial charge in [0.2, 0.25) is 11.6 Å². The molecule has 3 aromatic rings. The van der Waals surface area contributed by atoms with Gasteiger partial charge < -0.3 is 10.5 Å². The van der Waals surface area contributed by atoms with Crippen molar-refractivity contribution in [1.82, 2.24) is 35.6 Å². The summed E-state index contributed by atoms with van der Waals surface area (Å²) in [6, 6.07) is 7.34. The molecule has 0 spiro atoms. The third kappa shape index (κ3) is 4.53. The van der Waals surface area contributed by atoms with Crippen LogP contribution in [0.15, 0.2) is 34.0 Å². The molecule has 0 bridgehead atoms. The molecule has 0 saturated carbocycles. The van der Waals surface area contributed by atoms with Crippen molar-refractivity contribution < 1.29 is 14.2 Å². The summed E-state index contributed by atoms with van der Waals surface area (Å²) >= 11 is 0. The third-order valence-corrected chi connectivity index (χ3v) is 5.01. The Bertz CT molecular complexity index is 1070. The van der Waals surface area contributed by atoms with Crippen molar-refractivity contribution in [3.63, 3.8) is 0 Å². The molecule has 1 aromatic carbocycles. The van der Waals surface area contributed by atoms with Gasteiger partial charge in [-0.2, -0.15) is 9.78 Å². The van der Waals surface area contributed by atoms with Crippen LogP contribution in [0.25, 0.3) is 5.82 Å². The first-order valence-electron chi connectivity index (χ1n) is 9.89. The number of rotatable bonds is 7. The van der Waals surface area contributed by atoms with Gasteiger partial charge in [0.25, 0.3) is 5.91 Å². The Morgan fingerprint density at radius 1 is 1.29 bits per heavy atom. The van der Waals surface area contributed by atoms with E-state index in [1.165, 1.54) is 17.3 Å². The molecule has 31 heavy (non-hydrogen) atoms. The zero-order valence-corrected chi connectivity index (χ0v) is 17.1. The number of benzene rings is 1. The number of nitrogens with two attached hydrogens (primary N) is 1. The zero-order chi connectivity index (χ0) is 21.6. The molecule has 1 saturated heterocycles. The number of methoxy groups -OCH3 is 1. The van der Waals surface area contributed by atoms with Gasteiger partial charge in [-0.15, -0.1) is 5.10 Å². The topological polar surface area (TPSA) is 150 Å². The molecule has 1 aliphatic rings. The van der Waals surface area contributed by atoms with E-state index in [0.29, 0.717) is 18.0 Å². The summed E-state index contributed by atoms with van der Waals surface area (Å²) < 4.78 is 11.4. The van der Waals surface area contributed by atoms with Crippen LogP contribution in [0.1, 0.15) is 41.0 Å². The van der Waals surface area contributed by atoms with Crippen LogP contribution in [0.5, 0.6) is 5.75 Å². The Kier molecular flexibility index (Phi) is 6.17. The Labute approximate surface area is 178 Å². The molecular formula is C19H23N9O3. The van der Waals surface area contributed by atoms with E-state index in [4.69, 9.17) is 10.5 Å². The largest absolute Gasteiger partial charge is 0.496 e. The van der Waals surface area contributed by atoms with Crippen molar-refractivity contribution in [1.29, 1.82) is 0 Å². The molecule has 3 heterocycles.